The number of fused-ring (bicyclic) bond motifs is 1. The molecular formula is C21H21NO5. The fourth-order valence-electron chi connectivity index (χ4n) is 3.20. The molecule has 4 rings (SSSR count). The Morgan fingerprint density at radius 1 is 1.15 bits per heavy atom. The van der Waals surface area contributed by atoms with Crippen LogP contribution in [-0.4, -0.2) is 36.7 Å². The van der Waals surface area contributed by atoms with Gasteiger partial charge in [-0.3, -0.25) is 4.79 Å². The normalized spacial score (nSPS) is 24.4. The van der Waals surface area contributed by atoms with Gasteiger partial charge in [0, 0.05) is 11.3 Å². The monoisotopic (exact) mass is 367 g/mol. The minimum Gasteiger partial charge on any atom is -0.497 e. The third-order valence-corrected chi connectivity index (χ3v) is 4.67. The van der Waals surface area contributed by atoms with Gasteiger partial charge < -0.3 is 18.9 Å². The van der Waals surface area contributed by atoms with E-state index in [1.54, 1.807) is 19.3 Å². The summed E-state index contributed by atoms with van der Waals surface area (Å²) in [6.45, 7) is 2.21. The van der Waals surface area contributed by atoms with E-state index in [0.29, 0.717) is 24.5 Å². The summed E-state index contributed by atoms with van der Waals surface area (Å²) in [5.41, 5.74) is 2.10. The third kappa shape index (κ3) is 3.72. The molecule has 0 N–H and O–H groups in total. The molecular weight excluding hydrogens is 346 g/mol. The molecule has 3 atom stereocenters. The van der Waals surface area contributed by atoms with Crippen LogP contribution in [0.4, 0.5) is 0 Å². The van der Waals surface area contributed by atoms with Crippen LogP contribution in [0.3, 0.4) is 0 Å². The fraction of sp³-hybridized carbons (Fsp3) is 0.333. The van der Waals surface area contributed by atoms with Crippen LogP contribution in [0, 0.1) is 6.92 Å². The summed E-state index contributed by atoms with van der Waals surface area (Å²) in [5.74, 6) is 0.878. The van der Waals surface area contributed by atoms with Crippen LogP contribution < -0.4 is 4.74 Å². The number of ether oxygens (including phenoxy) is 4. The van der Waals surface area contributed by atoms with Gasteiger partial charge in [0.25, 0.3) is 0 Å². The number of carbonyl (C=O) groups excluding carboxylic acids is 1. The Bertz CT molecular complexity index is 861. The van der Waals surface area contributed by atoms with Crippen molar-refractivity contribution in [2.24, 2.45) is 0 Å². The molecule has 0 aliphatic carbocycles. The smallest absolute Gasteiger partial charge is 0.245 e. The topological polar surface area (TPSA) is 66.9 Å². The Hall–Kier alpha value is -2.70. The summed E-state index contributed by atoms with van der Waals surface area (Å²) in [6.07, 6.45) is 1.45. The van der Waals surface area contributed by atoms with E-state index in [2.05, 4.69) is 4.98 Å². The zero-order valence-electron chi connectivity index (χ0n) is 15.3. The first-order chi connectivity index (χ1) is 13.1. The van der Waals surface area contributed by atoms with Crippen molar-refractivity contribution in [3.63, 3.8) is 0 Å². The molecule has 1 unspecified atom stereocenters. The zero-order valence-corrected chi connectivity index (χ0v) is 15.3. The van der Waals surface area contributed by atoms with E-state index >= 15 is 0 Å². The van der Waals surface area contributed by atoms with Gasteiger partial charge in [-0.15, -0.1) is 0 Å². The number of pyridine rings is 1. The second-order valence-electron chi connectivity index (χ2n) is 6.57. The van der Waals surface area contributed by atoms with Crippen molar-refractivity contribution < 1.29 is 23.7 Å². The van der Waals surface area contributed by atoms with Crippen LogP contribution in [0.2, 0.25) is 0 Å². The Kier molecular flexibility index (Phi) is 4.92. The molecule has 0 radical (unpaired) electrons. The first-order valence-corrected chi connectivity index (χ1v) is 8.90. The molecule has 140 valence electrons. The average Bonchev–Trinajstić information content (AvgIpc) is 2.72. The van der Waals surface area contributed by atoms with Crippen molar-refractivity contribution in [3.05, 3.63) is 71.3 Å². The SMILES string of the molecule is COc1ccc(C2OC[C@H]3OC(C(=O)c4cccc(C)n4)=CC[C@@H]3O2)cc1. The van der Waals surface area contributed by atoms with Crippen molar-refractivity contribution in [1.29, 1.82) is 0 Å². The van der Waals surface area contributed by atoms with E-state index in [0.717, 1.165) is 17.0 Å². The molecule has 0 amide bonds. The van der Waals surface area contributed by atoms with Crippen LogP contribution in [-0.2, 0) is 14.2 Å². The maximum absolute atomic E-state index is 12.6. The summed E-state index contributed by atoms with van der Waals surface area (Å²) in [5, 5.41) is 0. The lowest BCUT2D eigenvalue weighted by Gasteiger charge is -2.38. The molecule has 1 aromatic heterocycles. The quantitative estimate of drug-likeness (QED) is 0.772. The van der Waals surface area contributed by atoms with Crippen molar-refractivity contribution in [3.8, 4) is 5.75 Å². The Labute approximate surface area is 157 Å². The maximum atomic E-state index is 12.6. The number of aryl methyl sites for hydroxylation is 1. The molecule has 1 fully saturated rings. The van der Waals surface area contributed by atoms with Crippen molar-refractivity contribution in [2.75, 3.05) is 13.7 Å². The second kappa shape index (κ2) is 7.50. The first kappa shape index (κ1) is 17.7. The van der Waals surface area contributed by atoms with E-state index in [1.807, 2.05) is 43.3 Å². The van der Waals surface area contributed by atoms with E-state index in [4.69, 9.17) is 18.9 Å². The third-order valence-electron chi connectivity index (χ3n) is 4.67. The lowest BCUT2D eigenvalue weighted by molar-refractivity contribution is -0.261. The van der Waals surface area contributed by atoms with Crippen LogP contribution in [0.15, 0.2) is 54.3 Å². The number of benzene rings is 1. The van der Waals surface area contributed by atoms with Gasteiger partial charge in [0.2, 0.25) is 5.78 Å². The molecule has 3 heterocycles. The molecule has 2 aliphatic rings. The Morgan fingerprint density at radius 3 is 2.70 bits per heavy atom. The number of allylic oxidation sites excluding steroid dienone is 1. The summed E-state index contributed by atoms with van der Waals surface area (Å²) in [6, 6.07) is 12.9. The van der Waals surface area contributed by atoms with Gasteiger partial charge in [0.15, 0.2) is 12.0 Å². The summed E-state index contributed by atoms with van der Waals surface area (Å²) < 4.78 is 22.9. The fourth-order valence-corrected chi connectivity index (χ4v) is 3.20. The largest absolute Gasteiger partial charge is 0.497 e. The highest BCUT2D eigenvalue weighted by atomic mass is 16.7. The minimum absolute atomic E-state index is 0.159. The maximum Gasteiger partial charge on any atom is 0.245 e. The molecule has 2 aromatic rings. The molecule has 2 aliphatic heterocycles. The lowest BCUT2D eigenvalue weighted by Crippen LogP contribution is -2.44. The number of Topliss-reactive ketones (excluding diaryl/α,β-unsaturated/α-hetero) is 1. The summed E-state index contributed by atoms with van der Waals surface area (Å²) in [4.78, 5) is 16.9. The van der Waals surface area contributed by atoms with Gasteiger partial charge in [0.05, 0.1) is 13.7 Å². The molecule has 0 bridgehead atoms. The predicted molar refractivity (Wildman–Crippen MR) is 97.4 cm³/mol. The number of hydrogen-bond acceptors (Lipinski definition) is 6. The van der Waals surface area contributed by atoms with E-state index in [-0.39, 0.29) is 18.0 Å². The number of ketones is 1. The van der Waals surface area contributed by atoms with Crippen molar-refractivity contribution in [2.45, 2.75) is 31.8 Å². The molecule has 1 saturated heterocycles. The number of hydrogen-bond donors (Lipinski definition) is 0. The number of rotatable bonds is 4. The van der Waals surface area contributed by atoms with Crippen LogP contribution >= 0.6 is 0 Å². The zero-order chi connectivity index (χ0) is 18.8. The number of aromatic nitrogens is 1. The standard InChI is InChI=1S/C21H21NO5/c1-13-4-3-5-16(22-13)20(23)18-11-10-17-19(26-18)12-25-21(27-17)14-6-8-15(24-2)9-7-14/h3-9,11,17,19,21H,10,12H2,1-2H3/t17-,19+,21?/m0/s1. The number of methoxy groups -OCH3 is 1. The van der Waals surface area contributed by atoms with Gasteiger partial charge in [0.1, 0.15) is 23.7 Å². The molecule has 0 saturated carbocycles. The van der Waals surface area contributed by atoms with Crippen LogP contribution in [0.5, 0.6) is 5.75 Å². The van der Waals surface area contributed by atoms with Crippen LogP contribution in [0.25, 0.3) is 0 Å². The molecule has 27 heavy (non-hydrogen) atoms. The summed E-state index contributed by atoms with van der Waals surface area (Å²) >= 11 is 0. The highest BCUT2D eigenvalue weighted by Gasteiger charge is 2.38. The van der Waals surface area contributed by atoms with Gasteiger partial charge in [-0.05, 0) is 43.7 Å². The predicted octanol–water partition coefficient (Wildman–Crippen LogP) is 3.37. The number of nitrogens with zero attached hydrogens (tertiary/aromatic N) is 1. The van der Waals surface area contributed by atoms with Crippen molar-refractivity contribution in [1.82, 2.24) is 4.98 Å². The molecule has 6 nitrogen and oxygen atoms in total. The van der Waals surface area contributed by atoms with Gasteiger partial charge in [-0.2, -0.15) is 0 Å². The first-order valence-electron chi connectivity index (χ1n) is 8.90. The van der Waals surface area contributed by atoms with Crippen LogP contribution in [0.1, 0.15) is 34.5 Å². The van der Waals surface area contributed by atoms with Gasteiger partial charge in [-0.25, -0.2) is 4.98 Å². The molecule has 6 heteroatoms. The molecule has 0 spiro atoms. The Balaban J connectivity index is 1.44. The lowest BCUT2D eigenvalue weighted by atomic mass is 10.0. The summed E-state index contributed by atoms with van der Waals surface area (Å²) in [7, 11) is 1.63. The van der Waals surface area contributed by atoms with E-state index < -0.39 is 6.29 Å². The highest BCUT2D eigenvalue weighted by molar-refractivity contribution is 6.06. The van der Waals surface area contributed by atoms with E-state index in [1.165, 1.54) is 0 Å². The minimum atomic E-state index is -0.454. The average molecular weight is 367 g/mol. The highest BCUT2D eigenvalue weighted by Crippen LogP contribution is 2.33. The number of carbonyl (C=O) groups is 1. The van der Waals surface area contributed by atoms with E-state index in [9.17, 15) is 4.79 Å². The second-order valence-corrected chi connectivity index (χ2v) is 6.57. The van der Waals surface area contributed by atoms with Gasteiger partial charge >= 0.3 is 0 Å². The van der Waals surface area contributed by atoms with Gasteiger partial charge in [-0.1, -0.05) is 18.2 Å². The van der Waals surface area contributed by atoms with Crippen molar-refractivity contribution >= 4 is 5.78 Å². The Morgan fingerprint density at radius 2 is 1.96 bits per heavy atom. The molecule has 1 aromatic carbocycles.